The second-order valence-corrected chi connectivity index (χ2v) is 7.73. The standard InChI is InChI=1S/C15H21N3OS2/c1-10-7-18(8-11(2)21-10)9-14(19)17-13-6-4-3-5-12(13)15(16)20/h3-6,10-11H,7-9H2,1-2H3,(H2,16,20)(H,17,19). The number of thiocarbonyl (C=S) groups is 1. The summed E-state index contributed by atoms with van der Waals surface area (Å²) in [4.78, 5) is 14.7. The molecule has 0 aliphatic carbocycles. The zero-order valence-electron chi connectivity index (χ0n) is 12.3. The summed E-state index contributed by atoms with van der Waals surface area (Å²) in [6.45, 7) is 6.69. The molecule has 0 saturated carbocycles. The van der Waals surface area contributed by atoms with Crippen LogP contribution in [0.5, 0.6) is 0 Å². The summed E-state index contributed by atoms with van der Waals surface area (Å²) in [5.74, 6) is -0.0231. The summed E-state index contributed by atoms with van der Waals surface area (Å²) in [6.07, 6.45) is 0. The van der Waals surface area contributed by atoms with Gasteiger partial charge in [-0.1, -0.05) is 38.2 Å². The first kappa shape index (κ1) is 16.3. The number of hydrogen-bond acceptors (Lipinski definition) is 4. The average molecular weight is 323 g/mol. The zero-order chi connectivity index (χ0) is 15.4. The fraction of sp³-hybridized carbons (Fsp3) is 0.467. The lowest BCUT2D eigenvalue weighted by molar-refractivity contribution is -0.117. The van der Waals surface area contributed by atoms with Gasteiger partial charge in [0.2, 0.25) is 5.91 Å². The zero-order valence-corrected chi connectivity index (χ0v) is 14.0. The highest BCUT2D eigenvalue weighted by molar-refractivity contribution is 8.00. The van der Waals surface area contributed by atoms with Crippen molar-refractivity contribution in [3.05, 3.63) is 29.8 Å². The van der Waals surface area contributed by atoms with E-state index >= 15 is 0 Å². The Kier molecular flexibility index (Phi) is 5.61. The van der Waals surface area contributed by atoms with E-state index in [0.29, 0.717) is 33.3 Å². The van der Waals surface area contributed by atoms with E-state index in [-0.39, 0.29) is 5.91 Å². The van der Waals surface area contributed by atoms with E-state index in [9.17, 15) is 4.79 Å². The summed E-state index contributed by atoms with van der Waals surface area (Å²) in [7, 11) is 0. The van der Waals surface area contributed by atoms with Crippen molar-refractivity contribution in [2.45, 2.75) is 24.3 Å². The number of rotatable bonds is 4. The third-order valence-corrected chi connectivity index (χ3v) is 4.78. The van der Waals surface area contributed by atoms with Gasteiger partial charge in [0.25, 0.3) is 0 Å². The van der Waals surface area contributed by atoms with E-state index in [0.717, 1.165) is 13.1 Å². The van der Waals surface area contributed by atoms with Crippen molar-refractivity contribution in [2.75, 3.05) is 25.0 Å². The first-order chi connectivity index (χ1) is 9.95. The molecule has 1 aromatic carbocycles. The van der Waals surface area contributed by atoms with Gasteiger partial charge in [-0.15, -0.1) is 0 Å². The molecule has 1 amide bonds. The third-order valence-electron chi connectivity index (χ3n) is 3.33. The maximum atomic E-state index is 12.2. The van der Waals surface area contributed by atoms with Gasteiger partial charge < -0.3 is 11.1 Å². The van der Waals surface area contributed by atoms with E-state index in [1.54, 1.807) is 0 Å². The predicted molar refractivity (Wildman–Crippen MR) is 93.9 cm³/mol. The first-order valence-electron chi connectivity index (χ1n) is 7.02. The van der Waals surface area contributed by atoms with Crippen LogP contribution in [0.2, 0.25) is 0 Å². The number of carbonyl (C=O) groups is 1. The van der Waals surface area contributed by atoms with Crippen LogP contribution in [0.1, 0.15) is 19.4 Å². The third kappa shape index (κ3) is 4.69. The number of para-hydroxylation sites is 1. The molecule has 4 nitrogen and oxygen atoms in total. The highest BCUT2D eigenvalue weighted by Gasteiger charge is 2.23. The fourth-order valence-corrected chi connectivity index (χ4v) is 4.18. The van der Waals surface area contributed by atoms with E-state index in [1.165, 1.54) is 0 Å². The van der Waals surface area contributed by atoms with Gasteiger partial charge in [-0.3, -0.25) is 9.69 Å². The van der Waals surface area contributed by atoms with Crippen molar-refractivity contribution < 1.29 is 4.79 Å². The maximum absolute atomic E-state index is 12.2. The van der Waals surface area contributed by atoms with Crippen LogP contribution in [0.15, 0.2) is 24.3 Å². The molecule has 0 aromatic heterocycles. The number of anilines is 1. The maximum Gasteiger partial charge on any atom is 0.238 e. The van der Waals surface area contributed by atoms with Gasteiger partial charge in [0.15, 0.2) is 0 Å². The van der Waals surface area contributed by atoms with Crippen molar-refractivity contribution in [3.8, 4) is 0 Å². The lowest BCUT2D eigenvalue weighted by Gasteiger charge is -2.34. The van der Waals surface area contributed by atoms with Crippen molar-refractivity contribution in [2.24, 2.45) is 5.73 Å². The van der Waals surface area contributed by atoms with Gasteiger partial charge in [0, 0.05) is 29.2 Å². The Labute approximate surface area is 135 Å². The van der Waals surface area contributed by atoms with E-state index in [2.05, 4.69) is 24.1 Å². The number of nitrogens with one attached hydrogen (secondary N) is 1. The van der Waals surface area contributed by atoms with Crippen LogP contribution in [0, 0.1) is 0 Å². The Morgan fingerprint density at radius 3 is 2.62 bits per heavy atom. The molecule has 2 rings (SSSR count). The summed E-state index contributed by atoms with van der Waals surface area (Å²) < 4.78 is 0. The summed E-state index contributed by atoms with van der Waals surface area (Å²) in [5.41, 5.74) is 7.07. The summed E-state index contributed by atoms with van der Waals surface area (Å²) in [6, 6.07) is 7.36. The average Bonchev–Trinajstić information content (AvgIpc) is 2.37. The van der Waals surface area contributed by atoms with E-state index < -0.39 is 0 Å². The number of hydrogen-bond donors (Lipinski definition) is 2. The number of nitrogens with zero attached hydrogens (tertiary/aromatic N) is 1. The minimum absolute atomic E-state index is 0.0231. The molecule has 114 valence electrons. The summed E-state index contributed by atoms with van der Waals surface area (Å²) >= 11 is 6.98. The molecule has 1 heterocycles. The van der Waals surface area contributed by atoms with Crippen LogP contribution in [0.25, 0.3) is 0 Å². The van der Waals surface area contributed by atoms with Crippen molar-refractivity contribution in [1.82, 2.24) is 4.90 Å². The predicted octanol–water partition coefficient (Wildman–Crippen LogP) is 2.09. The Hall–Kier alpha value is -1.11. The minimum atomic E-state index is -0.0231. The molecule has 1 aliphatic rings. The Balaban J connectivity index is 1.97. The van der Waals surface area contributed by atoms with Gasteiger partial charge in [-0.25, -0.2) is 0 Å². The molecular weight excluding hydrogens is 302 g/mol. The fourth-order valence-electron chi connectivity index (χ4n) is 2.61. The summed E-state index contributed by atoms with van der Waals surface area (Å²) in [5, 5.41) is 4.04. The molecule has 2 unspecified atom stereocenters. The van der Waals surface area contributed by atoms with Crippen molar-refractivity contribution >= 4 is 40.6 Å². The van der Waals surface area contributed by atoms with Gasteiger partial charge >= 0.3 is 0 Å². The number of thioether (sulfide) groups is 1. The molecule has 21 heavy (non-hydrogen) atoms. The van der Waals surface area contributed by atoms with Crippen molar-refractivity contribution in [3.63, 3.8) is 0 Å². The number of benzene rings is 1. The highest BCUT2D eigenvalue weighted by Crippen LogP contribution is 2.24. The van der Waals surface area contributed by atoms with Crippen LogP contribution in [-0.4, -0.2) is 45.9 Å². The molecule has 3 N–H and O–H groups in total. The second-order valence-electron chi connectivity index (χ2n) is 5.41. The van der Waals surface area contributed by atoms with Crippen LogP contribution >= 0.6 is 24.0 Å². The molecular formula is C15H21N3OS2. The van der Waals surface area contributed by atoms with E-state index in [1.807, 2.05) is 36.0 Å². The Morgan fingerprint density at radius 2 is 2.00 bits per heavy atom. The van der Waals surface area contributed by atoms with Crippen molar-refractivity contribution in [1.29, 1.82) is 0 Å². The smallest absolute Gasteiger partial charge is 0.238 e. The molecule has 6 heteroatoms. The normalized spacial score (nSPS) is 22.8. The van der Waals surface area contributed by atoms with Crippen LogP contribution in [-0.2, 0) is 4.79 Å². The molecule has 1 aliphatic heterocycles. The monoisotopic (exact) mass is 323 g/mol. The van der Waals surface area contributed by atoms with Gasteiger partial charge in [0.05, 0.1) is 12.2 Å². The van der Waals surface area contributed by atoms with E-state index in [4.69, 9.17) is 18.0 Å². The highest BCUT2D eigenvalue weighted by atomic mass is 32.2. The largest absolute Gasteiger partial charge is 0.389 e. The van der Waals surface area contributed by atoms with Crippen LogP contribution < -0.4 is 11.1 Å². The van der Waals surface area contributed by atoms with Crippen LogP contribution in [0.3, 0.4) is 0 Å². The molecule has 0 radical (unpaired) electrons. The quantitative estimate of drug-likeness (QED) is 0.831. The lowest BCUT2D eigenvalue weighted by atomic mass is 10.2. The van der Waals surface area contributed by atoms with Gasteiger partial charge in [-0.2, -0.15) is 11.8 Å². The number of nitrogens with two attached hydrogens (primary N) is 1. The number of carbonyl (C=O) groups excluding carboxylic acids is 1. The minimum Gasteiger partial charge on any atom is -0.389 e. The molecule has 0 bridgehead atoms. The Morgan fingerprint density at radius 1 is 1.38 bits per heavy atom. The Bertz CT molecular complexity index is 525. The molecule has 1 saturated heterocycles. The molecule has 1 fully saturated rings. The second kappa shape index (κ2) is 7.24. The lowest BCUT2D eigenvalue weighted by Crippen LogP contribution is -2.44. The first-order valence-corrected chi connectivity index (χ1v) is 8.37. The molecule has 1 aromatic rings. The number of amides is 1. The molecule has 0 spiro atoms. The van der Waals surface area contributed by atoms with Gasteiger partial charge in [0.1, 0.15) is 4.99 Å². The topological polar surface area (TPSA) is 58.4 Å². The molecule has 2 atom stereocenters. The van der Waals surface area contributed by atoms with Crippen LogP contribution in [0.4, 0.5) is 5.69 Å². The van der Waals surface area contributed by atoms with Gasteiger partial charge in [-0.05, 0) is 12.1 Å². The SMILES string of the molecule is CC1CN(CC(=O)Nc2ccccc2C(N)=S)CC(C)S1.